The third-order valence-corrected chi connectivity index (χ3v) is 5.92. The highest BCUT2D eigenvalue weighted by Gasteiger charge is 2.24. The molecule has 1 aliphatic rings. The van der Waals surface area contributed by atoms with Crippen LogP contribution in [0.1, 0.15) is 12.0 Å². The SMILES string of the molecule is COc1ccc(-c2ccc(C[C@@H](C#N)NC(=O)[C@@H]3CNCCCO3)c(F)c2)c2ccn(C)c12. The van der Waals surface area contributed by atoms with Gasteiger partial charge < -0.3 is 24.7 Å². The first-order chi connectivity index (χ1) is 16.0. The number of nitrogens with zero attached hydrogens (tertiary/aromatic N) is 2. The normalized spacial score (nSPS) is 17.2. The van der Waals surface area contributed by atoms with E-state index in [1.165, 1.54) is 6.07 Å². The maximum atomic E-state index is 15.0. The number of methoxy groups -OCH3 is 1. The number of hydrogen-bond donors (Lipinski definition) is 2. The van der Waals surface area contributed by atoms with Gasteiger partial charge in [-0.3, -0.25) is 4.79 Å². The first-order valence-corrected chi connectivity index (χ1v) is 10.9. The molecule has 2 N–H and O–H groups in total. The first-order valence-electron chi connectivity index (χ1n) is 10.9. The summed E-state index contributed by atoms with van der Waals surface area (Å²) >= 11 is 0. The number of fused-ring (bicyclic) bond motifs is 1. The van der Waals surface area contributed by atoms with Crippen LogP contribution in [0.3, 0.4) is 0 Å². The van der Waals surface area contributed by atoms with Gasteiger partial charge in [-0.1, -0.05) is 12.1 Å². The summed E-state index contributed by atoms with van der Waals surface area (Å²) in [6.07, 6.45) is 2.18. The number of amides is 1. The first kappa shape index (κ1) is 22.8. The number of carbonyl (C=O) groups is 1. The molecule has 1 amide bonds. The zero-order valence-corrected chi connectivity index (χ0v) is 18.7. The predicted octanol–water partition coefficient (Wildman–Crippen LogP) is 2.92. The maximum Gasteiger partial charge on any atom is 0.251 e. The highest BCUT2D eigenvalue weighted by molar-refractivity contribution is 5.98. The van der Waals surface area contributed by atoms with Gasteiger partial charge in [0.05, 0.1) is 18.7 Å². The van der Waals surface area contributed by atoms with Gasteiger partial charge in [0, 0.05) is 38.2 Å². The van der Waals surface area contributed by atoms with Gasteiger partial charge in [-0.2, -0.15) is 5.26 Å². The van der Waals surface area contributed by atoms with Crippen molar-refractivity contribution < 1.29 is 18.7 Å². The van der Waals surface area contributed by atoms with Gasteiger partial charge in [-0.15, -0.1) is 0 Å². The molecule has 0 aliphatic carbocycles. The minimum Gasteiger partial charge on any atom is -0.495 e. The summed E-state index contributed by atoms with van der Waals surface area (Å²) in [4.78, 5) is 12.5. The molecular formula is C25H27FN4O3. The summed E-state index contributed by atoms with van der Waals surface area (Å²) in [6.45, 7) is 1.66. The molecule has 0 spiro atoms. The molecule has 0 saturated carbocycles. The Bertz CT molecular complexity index is 1190. The van der Waals surface area contributed by atoms with Crippen LogP contribution in [0.2, 0.25) is 0 Å². The Labute approximate surface area is 192 Å². The van der Waals surface area contributed by atoms with Crippen molar-refractivity contribution in [2.24, 2.45) is 7.05 Å². The van der Waals surface area contributed by atoms with E-state index in [0.717, 1.165) is 40.7 Å². The Morgan fingerprint density at radius 1 is 1.39 bits per heavy atom. The Kier molecular flexibility index (Phi) is 6.92. The molecule has 0 radical (unpaired) electrons. The molecule has 3 aromatic rings. The summed E-state index contributed by atoms with van der Waals surface area (Å²) in [5, 5.41) is 16.3. The number of aryl methyl sites for hydroxylation is 1. The number of nitrogens with one attached hydrogen (secondary N) is 2. The van der Waals surface area contributed by atoms with Crippen molar-refractivity contribution in [1.29, 1.82) is 5.26 Å². The lowest BCUT2D eigenvalue weighted by molar-refractivity contribution is -0.132. The Morgan fingerprint density at radius 2 is 2.24 bits per heavy atom. The molecule has 33 heavy (non-hydrogen) atoms. The van der Waals surface area contributed by atoms with E-state index in [1.54, 1.807) is 13.2 Å². The van der Waals surface area contributed by atoms with Crippen LogP contribution in [0.25, 0.3) is 22.0 Å². The van der Waals surface area contributed by atoms with Gasteiger partial charge in [0.1, 0.15) is 23.7 Å². The summed E-state index contributed by atoms with van der Waals surface area (Å²) < 4.78 is 28.0. The number of rotatable bonds is 6. The van der Waals surface area contributed by atoms with Crippen LogP contribution in [-0.4, -0.2) is 49.4 Å². The molecule has 8 heteroatoms. The van der Waals surface area contributed by atoms with Crippen molar-refractivity contribution in [3.05, 3.63) is 54.0 Å². The van der Waals surface area contributed by atoms with Crippen LogP contribution in [0.5, 0.6) is 5.75 Å². The molecule has 1 aliphatic heterocycles. The largest absolute Gasteiger partial charge is 0.495 e. The standard InChI is InChI=1S/C25H27FN4O3/c1-30-10-8-20-19(6-7-22(32-2)24(20)30)16-4-5-17(21(26)13-16)12-18(14-27)29-25(31)23-15-28-9-3-11-33-23/h4-8,10,13,18,23,28H,3,9,11-12,15H2,1-2H3,(H,29,31)/t18-,23-/m0/s1. The number of nitriles is 1. The monoisotopic (exact) mass is 450 g/mol. The van der Waals surface area contributed by atoms with Crippen LogP contribution in [0.4, 0.5) is 4.39 Å². The van der Waals surface area contributed by atoms with E-state index in [2.05, 4.69) is 16.7 Å². The van der Waals surface area contributed by atoms with Crippen LogP contribution in [-0.2, 0) is 23.0 Å². The van der Waals surface area contributed by atoms with Crippen molar-refractivity contribution in [3.8, 4) is 22.9 Å². The van der Waals surface area contributed by atoms with Gasteiger partial charge in [0.25, 0.3) is 5.91 Å². The summed E-state index contributed by atoms with van der Waals surface area (Å²) in [6, 6.07) is 11.9. The van der Waals surface area contributed by atoms with E-state index in [9.17, 15) is 10.1 Å². The highest BCUT2D eigenvalue weighted by atomic mass is 19.1. The van der Waals surface area contributed by atoms with Crippen molar-refractivity contribution in [2.45, 2.75) is 25.0 Å². The fourth-order valence-electron chi connectivity index (χ4n) is 4.18. The fraction of sp³-hybridized carbons (Fsp3) is 0.360. The van der Waals surface area contributed by atoms with Crippen molar-refractivity contribution >= 4 is 16.8 Å². The molecular weight excluding hydrogens is 423 g/mol. The molecule has 2 aromatic carbocycles. The number of aromatic nitrogens is 1. The van der Waals surface area contributed by atoms with Gasteiger partial charge in [0.2, 0.25) is 0 Å². The molecule has 0 bridgehead atoms. The number of benzene rings is 2. The number of carbonyl (C=O) groups excluding carboxylic acids is 1. The average Bonchev–Trinajstić information content (AvgIpc) is 3.03. The fourth-order valence-corrected chi connectivity index (χ4v) is 4.18. The van der Waals surface area contributed by atoms with E-state index in [0.29, 0.717) is 18.7 Å². The smallest absolute Gasteiger partial charge is 0.251 e. The minimum absolute atomic E-state index is 0.0673. The lowest BCUT2D eigenvalue weighted by Gasteiger charge is -2.18. The summed E-state index contributed by atoms with van der Waals surface area (Å²) in [7, 11) is 3.56. The van der Waals surface area contributed by atoms with E-state index in [-0.39, 0.29) is 12.3 Å². The van der Waals surface area contributed by atoms with Gasteiger partial charge >= 0.3 is 0 Å². The second-order valence-corrected chi connectivity index (χ2v) is 8.12. The van der Waals surface area contributed by atoms with Crippen molar-refractivity contribution in [1.82, 2.24) is 15.2 Å². The Balaban J connectivity index is 1.52. The van der Waals surface area contributed by atoms with Crippen LogP contribution >= 0.6 is 0 Å². The third kappa shape index (κ3) is 4.85. The predicted molar refractivity (Wildman–Crippen MR) is 123 cm³/mol. The second-order valence-electron chi connectivity index (χ2n) is 8.12. The summed E-state index contributed by atoms with van der Waals surface area (Å²) in [5.74, 6) is -0.0363. The van der Waals surface area contributed by atoms with Crippen LogP contribution in [0, 0.1) is 17.1 Å². The molecule has 7 nitrogen and oxygen atoms in total. The molecule has 172 valence electrons. The zero-order chi connectivity index (χ0) is 23.4. The topological polar surface area (TPSA) is 88.3 Å². The molecule has 4 rings (SSSR count). The molecule has 2 atom stereocenters. The number of hydrogen-bond acceptors (Lipinski definition) is 5. The van der Waals surface area contributed by atoms with Crippen molar-refractivity contribution in [3.63, 3.8) is 0 Å². The van der Waals surface area contributed by atoms with E-state index in [1.807, 2.05) is 42.1 Å². The molecule has 0 unspecified atom stereocenters. The van der Waals surface area contributed by atoms with E-state index >= 15 is 4.39 Å². The highest BCUT2D eigenvalue weighted by Crippen LogP contribution is 2.35. The van der Waals surface area contributed by atoms with Gasteiger partial charge in [-0.25, -0.2) is 4.39 Å². The quantitative estimate of drug-likeness (QED) is 0.603. The lowest BCUT2D eigenvalue weighted by atomic mass is 9.97. The van der Waals surface area contributed by atoms with Gasteiger partial charge in [-0.05, 0) is 53.9 Å². The molecule has 1 aromatic heterocycles. The summed E-state index contributed by atoms with van der Waals surface area (Å²) in [5.41, 5.74) is 2.91. The van der Waals surface area contributed by atoms with E-state index in [4.69, 9.17) is 9.47 Å². The number of ether oxygens (including phenoxy) is 2. The lowest BCUT2D eigenvalue weighted by Crippen LogP contribution is -2.46. The second kappa shape index (κ2) is 10.0. The third-order valence-electron chi connectivity index (χ3n) is 5.92. The minimum atomic E-state index is -0.855. The molecule has 2 heterocycles. The molecule has 1 fully saturated rings. The van der Waals surface area contributed by atoms with Crippen LogP contribution in [0.15, 0.2) is 42.6 Å². The van der Waals surface area contributed by atoms with Crippen LogP contribution < -0.4 is 15.4 Å². The Hall–Kier alpha value is -3.41. The Morgan fingerprint density at radius 3 is 3.00 bits per heavy atom. The average molecular weight is 451 g/mol. The zero-order valence-electron chi connectivity index (χ0n) is 18.7. The number of halogens is 1. The van der Waals surface area contributed by atoms with E-state index < -0.39 is 18.0 Å². The van der Waals surface area contributed by atoms with Crippen molar-refractivity contribution in [2.75, 3.05) is 26.8 Å². The maximum absolute atomic E-state index is 15.0. The van der Waals surface area contributed by atoms with Gasteiger partial charge in [0.15, 0.2) is 0 Å². The molecule has 1 saturated heterocycles.